The van der Waals surface area contributed by atoms with E-state index >= 15 is 0 Å². The first-order chi connectivity index (χ1) is 6.66. The highest BCUT2D eigenvalue weighted by molar-refractivity contribution is 5.15. The predicted octanol–water partition coefficient (Wildman–Crippen LogP) is 0.651. The fourth-order valence-corrected chi connectivity index (χ4v) is 2.15. The summed E-state index contributed by atoms with van der Waals surface area (Å²) in [5.74, 6) is 1.68. The highest BCUT2D eigenvalue weighted by atomic mass is 16.1. The smallest absolute Gasteiger partial charge is 0.349 e. The standard InChI is InChI=1S/C9H14N4O/c1-5-3-2-4-6(5)7-11-8(10)13-9(14)12-7/h5-6H,2-4H2,1H3,(H3,10,11,12,13,14). The van der Waals surface area contributed by atoms with Crippen molar-refractivity contribution in [1.29, 1.82) is 0 Å². The molecule has 2 rings (SSSR count). The average molecular weight is 194 g/mol. The van der Waals surface area contributed by atoms with Gasteiger partial charge in [-0.1, -0.05) is 13.3 Å². The Morgan fingerprint density at radius 1 is 1.43 bits per heavy atom. The number of aromatic amines is 1. The van der Waals surface area contributed by atoms with Crippen LogP contribution in [0.25, 0.3) is 0 Å². The highest BCUT2D eigenvalue weighted by Gasteiger charge is 2.27. The van der Waals surface area contributed by atoms with Crippen molar-refractivity contribution in [3.63, 3.8) is 0 Å². The van der Waals surface area contributed by atoms with E-state index in [1.54, 1.807) is 0 Å². The van der Waals surface area contributed by atoms with Gasteiger partial charge in [0.2, 0.25) is 5.95 Å². The van der Waals surface area contributed by atoms with Crippen molar-refractivity contribution in [2.24, 2.45) is 5.92 Å². The molecule has 1 saturated carbocycles. The minimum absolute atomic E-state index is 0.0721. The lowest BCUT2D eigenvalue weighted by atomic mass is 9.97. The van der Waals surface area contributed by atoms with Crippen molar-refractivity contribution in [3.05, 3.63) is 16.3 Å². The van der Waals surface area contributed by atoms with Gasteiger partial charge in [0.1, 0.15) is 5.82 Å². The number of H-pyrrole nitrogens is 1. The van der Waals surface area contributed by atoms with Crippen molar-refractivity contribution in [3.8, 4) is 0 Å². The number of nitrogens with one attached hydrogen (secondary N) is 1. The molecule has 1 fully saturated rings. The van der Waals surface area contributed by atoms with Crippen LogP contribution in [0.15, 0.2) is 4.79 Å². The zero-order chi connectivity index (χ0) is 10.1. The van der Waals surface area contributed by atoms with Gasteiger partial charge < -0.3 is 5.73 Å². The molecule has 1 aliphatic rings. The molecule has 0 saturated heterocycles. The zero-order valence-electron chi connectivity index (χ0n) is 8.16. The van der Waals surface area contributed by atoms with Gasteiger partial charge in [-0.05, 0) is 18.8 Å². The molecule has 5 heteroatoms. The van der Waals surface area contributed by atoms with Gasteiger partial charge in [-0.3, -0.25) is 4.98 Å². The molecule has 0 bridgehead atoms. The van der Waals surface area contributed by atoms with E-state index in [-0.39, 0.29) is 5.95 Å². The maximum absolute atomic E-state index is 11.1. The second-order valence-corrected chi connectivity index (χ2v) is 3.91. The normalized spacial score (nSPS) is 26.6. The van der Waals surface area contributed by atoms with Gasteiger partial charge >= 0.3 is 5.69 Å². The Morgan fingerprint density at radius 3 is 2.79 bits per heavy atom. The lowest BCUT2D eigenvalue weighted by molar-refractivity contribution is 0.506. The van der Waals surface area contributed by atoms with Gasteiger partial charge in [-0.2, -0.15) is 9.97 Å². The van der Waals surface area contributed by atoms with E-state index in [0.29, 0.717) is 17.7 Å². The van der Waals surface area contributed by atoms with Crippen LogP contribution < -0.4 is 11.4 Å². The van der Waals surface area contributed by atoms with Gasteiger partial charge in [0, 0.05) is 5.92 Å². The van der Waals surface area contributed by atoms with Gasteiger partial charge in [-0.25, -0.2) is 4.79 Å². The minimum Gasteiger partial charge on any atom is -0.368 e. The van der Waals surface area contributed by atoms with E-state index in [4.69, 9.17) is 5.73 Å². The van der Waals surface area contributed by atoms with Gasteiger partial charge in [0.25, 0.3) is 0 Å². The molecule has 1 aliphatic carbocycles. The number of aromatic nitrogens is 3. The Bertz CT molecular complexity index is 387. The molecule has 1 heterocycles. The molecule has 2 unspecified atom stereocenters. The van der Waals surface area contributed by atoms with Crippen LogP contribution in [0, 0.1) is 5.92 Å². The van der Waals surface area contributed by atoms with Gasteiger partial charge in [0.15, 0.2) is 0 Å². The van der Waals surface area contributed by atoms with Crippen LogP contribution in [-0.4, -0.2) is 15.0 Å². The zero-order valence-corrected chi connectivity index (χ0v) is 8.16. The molecule has 1 aromatic rings. The third-order valence-electron chi connectivity index (χ3n) is 2.90. The average Bonchev–Trinajstić information content (AvgIpc) is 2.49. The van der Waals surface area contributed by atoms with Crippen molar-refractivity contribution in [2.75, 3.05) is 5.73 Å². The fraction of sp³-hybridized carbons (Fsp3) is 0.667. The number of nitrogen functional groups attached to an aromatic ring is 1. The lowest BCUT2D eigenvalue weighted by Crippen LogP contribution is -2.20. The topological polar surface area (TPSA) is 84.7 Å². The third-order valence-corrected chi connectivity index (χ3v) is 2.90. The fourth-order valence-electron chi connectivity index (χ4n) is 2.15. The maximum atomic E-state index is 11.1. The first kappa shape index (κ1) is 9.18. The van der Waals surface area contributed by atoms with Crippen LogP contribution in [0.1, 0.15) is 37.9 Å². The molecule has 0 radical (unpaired) electrons. The number of nitrogens with zero attached hydrogens (tertiary/aromatic N) is 2. The first-order valence-corrected chi connectivity index (χ1v) is 4.90. The summed E-state index contributed by atoms with van der Waals surface area (Å²) < 4.78 is 0. The molecule has 1 aromatic heterocycles. The Morgan fingerprint density at radius 2 is 2.21 bits per heavy atom. The molecular formula is C9H14N4O. The number of hydrogen-bond donors (Lipinski definition) is 2. The van der Waals surface area contributed by atoms with Gasteiger partial charge in [0.05, 0.1) is 0 Å². The van der Waals surface area contributed by atoms with Crippen LogP contribution >= 0.6 is 0 Å². The Kier molecular flexibility index (Phi) is 2.23. The van der Waals surface area contributed by atoms with Crippen molar-refractivity contribution < 1.29 is 0 Å². The van der Waals surface area contributed by atoms with E-state index < -0.39 is 5.69 Å². The maximum Gasteiger partial charge on any atom is 0.349 e. The van der Waals surface area contributed by atoms with Gasteiger partial charge in [-0.15, -0.1) is 0 Å². The van der Waals surface area contributed by atoms with Crippen molar-refractivity contribution >= 4 is 5.95 Å². The van der Waals surface area contributed by atoms with Crippen molar-refractivity contribution in [1.82, 2.24) is 15.0 Å². The quantitative estimate of drug-likeness (QED) is 0.687. The van der Waals surface area contributed by atoms with Crippen LogP contribution in [0.3, 0.4) is 0 Å². The third kappa shape index (κ3) is 1.62. The molecule has 0 aromatic carbocycles. The SMILES string of the molecule is CC1CCCC1c1nc(N)nc(=O)[nH]1. The van der Waals surface area contributed by atoms with E-state index in [1.165, 1.54) is 12.8 Å². The Labute approximate surface area is 81.8 Å². The molecule has 0 spiro atoms. The number of anilines is 1. The van der Waals surface area contributed by atoms with Crippen LogP contribution in [0.5, 0.6) is 0 Å². The number of hydrogen-bond acceptors (Lipinski definition) is 4. The summed E-state index contributed by atoms with van der Waals surface area (Å²) in [6.07, 6.45) is 3.46. The molecule has 2 atom stereocenters. The van der Waals surface area contributed by atoms with E-state index in [9.17, 15) is 4.79 Å². The van der Waals surface area contributed by atoms with E-state index in [0.717, 1.165) is 6.42 Å². The summed E-state index contributed by atoms with van der Waals surface area (Å²) in [7, 11) is 0. The van der Waals surface area contributed by atoms with Crippen LogP contribution in [-0.2, 0) is 0 Å². The van der Waals surface area contributed by atoms with E-state index in [2.05, 4.69) is 21.9 Å². The summed E-state index contributed by atoms with van der Waals surface area (Å²) >= 11 is 0. The van der Waals surface area contributed by atoms with Crippen LogP contribution in [0.2, 0.25) is 0 Å². The second-order valence-electron chi connectivity index (χ2n) is 3.91. The number of nitrogens with two attached hydrogens (primary N) is 1. The predicted molar refractivity (Wildman–Crippen MR) is 52.8 cm³/mol. The summed E-state index contributed by atoms with van der Waals surface area (Å²) in [6, 6.07) is 0. The highest BCUT2D eigenvalue weighted by Crippen LogP contribution is 2.37. The summed E-state index contributed by atoms with van der Waals surface area (Å²) in [5.41, 5.74) is 5.03. The monoisotopic (exact) mass is 194 g/mol. The minimum atomic E-state index is -0.397. The van der Waals surface area contributed by atoms with Crippen LogP contribution in [0.4, 0.5) is 5.95 Å². The summed E-state index contributed by atoms with van der Waals surface area (Å²) in [5, 5.41) is 0. The van der Waals surface area contributed by atoms with E-state index in [1.807, 2.05) is 0 Å². The second kappa shape index (κ2) is 3.40. The largest absolute Gasteiger partial charge is 0.368 e. The Hall–Kier alpha value is -1.39. The summed E-state index contributed by atoms with van der Waals surface area (Å²) in [4.78, 5) is 21.3. The van der Waals surface area contributed by atoms with Crippen molar-refractivity contribution in [2.45, 2.75) is 32.1 Å². The molecule has 14 heavy (non-hydrogen) atoms. The Balaban J connectivity index is 2.36. The molecule has 5 nitrogen and oxygen atoms in total. The number of rotatable bonds is 1. The molecular weight excluding hydrogens is 180 g/mol. The lowest BCUT2D eigenvalue weighted by Gasteiger charge is -2.13. The molecule has 76 valence electrons. The summed E-state index contributed by atoms with van der Waals surface area (Å²) in [6.45, 7) is 2.17. The molecule has 0 amide bonds. The molecule has 0 aliphatic heterocycles. The molecule has 3 N–H and O–H groups in total. The first-order valence-electron chi connectivity index (χ1n) is 4.90.